The maximum absolute atomic E-state index is 13.7. The van der Waals surface area contributed by atoms with Crippen LogP contribution >= 0.6 is 11.8 Å². The SMILES string of the molecule is O=C1OCCC1Sc1nncn1-c1ccccc1F. The second kappa shape index (κ2) is 5.00. The second-order valence-corrected chi connectivity index (χ2v) is 5.17. The highest BCUT2D eigenvalue weighted by Crippen LogP contribution is 2.29. The molecule has 0 spiro atoms. The molecule has 98 valence electrons. The molecule has 7 heteroatoms. The first-order chi connectivity index (χ1) is 9.25. The van der Waals surface area contributed by atoms with E-state index in [1.165, 1.54) is 28.7 Å². The molecule has 1 aromatic carbocycles. The molecule has 1 aromatic heterocycles. The topological polar surface area (TPSA) is 57.0 Å². The van der Waals surface area contributed by atoms with Crippen molar-refractivity contribution in [2.24, 2.45) is 0 Å². The van der Waals surface area contributed by atoms with Gasteiger partial charge in [-0.2, -0.15) is 0 Å². The van der Waals surface area contributed by atoms with Crippen LogP contribution in [0.1, 0.15) is 6.42 Å². The molecule has 0 aliphatic carbocycles. The van der Waals surface area contributed by atoms with Crippen LogP contribution in [0.2, 0.25) is 0 Å². The van der Waals surface area contributed by atoms with Crippen LogP contribution in [0.15, 0.2) is 35.7 Å². The zero-order valence-electron chi connectivity index (χ0n) is 9.82. The zero-order valence-corrected chi connectivity index (χ0v) is 10.6. The summed E-state index contributed by atoms with van der Waals surface area (Å²) in [6, 6.07) is 6.35. The summed E-state index contributed by atoms with van der Waals surface area (Å²) in [5, 5.41) is 7.90. The minimum Gasteiger partial charge on any atom is -0.465 e. The van der Waals surface area contributed by atoms with Crippen molar-refractivity contribution in [1.29, 1.82) is 0 Å². The predicted molar refractivity (Wildman–Crippen MR) is 66.5 cm³/mol. The lowest BCUT2D eigenvalue weighted by Crippen LogP contribution is -2.11. The summed E-state index contributed by atoms with van der Waals surface area (Å²) in [6.45, 7) is 0.421. The van der Waals surface area contributed by atoms with Crippen molar-refractivity contribution in [1.82, 2.24) is 14.8 Å². The van der Waals surface area contributed by atoms with Gasteiger partial charge in [0.25, 0.3) is 0 Å². The average molecular weight is 279 g/mol. The molecular weight excluding hydrogens is 269 g/mol. The first-order valence-corrected chi connectivity index (χ1v) is 6.62. The summed E-state index contributed by atoms with van der Waals surface area (Å²) >= 11 is 1.24. The number of benzene rings is 1. The summed E-state index contributed by atoms with van der Waals surface area (Å²) in [5.74, 6) is -0.619. The molecule has 0 N–H and O–H groups in total. The second-order valence-electron chi connectivity index (χ2n) is 4.00. The van der Waals surface area contributed by atoms with Crippen LogP contribution in [-0.4, -0.2) is 32.6 Å². The van der Waals surface area contributed by atoms with Gasteiger partial charge in [0.05, 0.1) is 12.3 Å². The number of para-hydroxylation sites is 1. The number of halogens is 1. The number of cyclic esters (lactones) is 1. The predicted octanol–water partition coefficient (Wildman–Crippen LogP) is 1.81. The van der Waals surface area contributed by atoms with E-state index in [0.29, 0.717) is 23.9 Å². The molecule has 3 rings (SSSR count). The molecule has 1 atom stereocenters. The molecular formula is C12H10FN3O2S. The van der Waals surface area contributed by atoms with Crippen LogP contribution in [0.3, 0.4) is 0 Å². The fourth-order valence-electron chi connectivity index (χ4n) is 1.83. The summed E-state index contributed by atoms with van der Waals surface area (Å²) in [4.78, 5) is 11.4. The van der Waals surface area contributed by atoms with Crippen LogP contribution in [-0.2, 0) is 9.53 Å². The van der Waals surface area contributed by atoms with E-state index in [9.17, 15) is 9.18 Å². The van der Waals surface area contributed by atoms with E-state index in [2.05, 4.69) is 10.2 Å². The van der Waals surface area contributed by atoms with Crippen molar-refractivity contribution >= 4 is 17.7 Å². The lowest BCUT2D eigenvalue weighted by atomic mass is 10.3. The summed E-state index contributed by atoms with van der Waals surface area (Å²) in [5.41, 5.74) is 0.362. The molecule has 1 saturated heterocycles. The minimum atomic E-state index is -0.363. The Balaban J connectivity index is 1.90. The quantitative estimate of drug-likeness (QED) is 0.802. The number of hydrogen-bond acceptors (Lipinski definition) is 5. The normalized spacial score (nSPS) is 18.6. The summed E-state index contributed by atoms with van der Waals surface area (Å²) < 4.78 is 20.2. The molecule has 5 nitrogen and oxygen atoms in total. The number of carbonyl (C=O) groups excluding carboxylic acids is 1. The number of nitrogens with zero attached hydrogens (tertiary/aromatic N) is 3. The van der Waals surface area contributed by atoms with Gasteiger partial charge in [0, 0.05) is 6.42 Å². The van der Waals surface area contributed by atoms with Gasteiger partial charge in [-0.3, -0.25) is 9.36 Å². The van der Waals surface area contributed by atoms with E-state index in [4.69, 9.17) is 4.74 Å². The maximum atomic E-state index is 13.7. The number of ether oxygens (including phenoxy) is 1. The lowest BCUT2D eigenvalue weighted by molar-refractivity contribution is -0.137. The van der Waals surface area contributed by atoms with E-state index in [1.807, 2.05) is 0 Å². The van der Waals surface area contributed by atoms with Gasteiger partial charge in [0.2, 0.25) is 0 Å². The molecule has 0 bridgehead atoms. The van der Waals surface area contributed by atoms with E-state index < -0.39 is 0 Å². The van der Waals surface area contributed by atoms with E-state index >= 15 is 0 Å². The molecule has 19 heavy (non-hydrogen) atoms. The highest BCUT2D eigenvalue weighted by molar-refractivity contribution is 8.00. The Hall–Kier alpha value is -1.89. The van der Waals surface area contributed by atoms with Gasteiger partial charge in [0.15, 0.2) is 5.16 Å². The molecule has 1 fully saturated rings. The Bertz CT molecular complexity index is 617. The lowest BCUT2D eigenvalue weighted by Gasteiger charge is -2.08. The van der Waals surface area contributed by atoms with Gasteiger partial charge in [-0.05, 0) is 12.1 Å². The van der Waals surface area contributed by atoms with Crippen LogP contribution in [0.4, 0.5) is 4.39 Å². The summed E-state index contributed by atoms with van der Waals surface area (Å²) in [7, 11) is 0. The van der Waals surface area contributed by atoms with Crippen molar-refractivity contribution in [2.45, 2.75) is 16.8 Å². The van der Waals surface area contributed by atoms with Gasteiger partial charge < -0.3 is 4.74 Å². The largest absolute Gasteiger partial charge is 0.465 e. The number of hydrogen-bond donors (Lipinski definition) is 0. The number of esters is 1. The van der Waals surface area contributed by atoms with E-state index in [0.717, 1.165) is 0 Å². The first-order valence-electron chi connectivity index (χ1n) is 5.74. The minimum absolute atomic E-state index is 0.256. The molecule has 0 saturated carbocycles. The monoisotopic (exact) mass is 279 g/mol. The number of thioether (sulfide) groups is 1. The third kappa shape index (κ3) is 2.33. The van der Waals surface area contributed by atoms with Gasteiger partial charge in [-0.25, -0.2) is 4.39 Å². The van der Waals surface area contributed by atoms with Crippen LogP contribution in [0.25, 0.3) is 5.69 Å². The molecule has 2 heterocycles. The number of rotatable bonds is 3. The standard InChI is InChI=1S/C12H10FN3O2S/c13-8-3-1-2-4-9(8)16-7-14-15-12(16)19-10-5-6-18-11(10)17/h1-4,7,10H,5-6H2. The van der Waals surface area contributed by atoms with Gasteiger partial charge in [0.1, 0.15) is 17.4 Å². The molecule has 2 aromatic rings. The molecule has 0 amide bonds. The number of aromatic nitrogens is 3. The van der Waals surface area contributed by atoms with Crippen molar-refractivity contribution in [3.63, 3.8) is 0 Å². The molecule has 1 aliphatic rings. The Kier molecular flexibility index (Phi) is 3.20. The Morgan fingerprint density at radius 2 is 2.26 bits per heavy atom. The highest BCUT2D eigenvalue weighted by atomic mass is 32.2. The molecule has 0 radical (unpaired) electrons. The van der Waals surface area contributed by atoms with E-state index in [1.54, 1.807) is 18.2 Å². The molecule has 1 aliphatic heterocycles. The van der Waals surface area contributed by atoms with Gasteiger partial charge in [-0.15, -0.1) is 10.2 Å². The highest BCUT2D eigenvalue weighted by Gasteiger charge is 2.29. The van der Waals surface area contributed by atoms with Gasteiger partial charge >= 0.3 is 5.97 Å². The van der Waals surface area contributed by atoms with Crippen LogP contribution in [0, 0.1) is 5.82 Å². The smallest absolute Gasteiger partial charge is 0.319 e. The number of carbonyl (C=O) groups is 1. The maximum Gasteiger partial charge on any atom is 0.319 e. The fourth-order valence-corrected chi connectivity index (χ4v) is 2.81. The molecule has 1 unspecified atom stereocenters. The Morgan fingerprint density at radius 1 is 1.42 bits per heavy atom. The first kappa shape index (κ1) is 12.2. The van der Waals surface area contributed by atoms with Crippen LogP contribution in [0.5, 0.6) is 0 Å². The third-order valence-corrected chi connectivity index (χ3v) is 3.97. The fraction of sp³-hybridized carbons (Fsp3) is 0.250. The van der Waals surface area contributed by atoms with Crippen molar-refractivity contribution in [3.8, 4) is 5.69 Å². The van der Waals surface area contributed by atoms with Crippen LogP contribution < -0.4 is 0 Å². The van der Waals surface area contributed by atoms with Crippen molar-refractivity contribution in [2.75, 3.05) is 6.61 Å². The van der Waals surface area contributed by atoms with Gasteiger partial charge in [-0.1, -0.05) is 23.9 Å². The Labute approximate surface area is 112 Å². The van der Waals surface area contributed by atoms with E-state index in [-0.39, 0.29) is 17.0 Å². The zero-order chi connectivity index (χ0) is 13.2. The Morgan fingerprint density at radius 3 is 3.00 bits per heavy atom. The average Bonchev–Trinajstić information content (AvgIpc) is 3.01. The van der Waals surface area contributed by atoms with Crippen molar-refractivity contribution < 1.29 is 13.9 Å². The summed E-state index contributed by atoms with van der Waals surface area (Å²) in [6.07, 6.45) is 2.06. The van der Waals surface area contributed by atoms with Crippen molar-refractivity contribution in [3.05, 3.63) is 36.4 Å². The third-order valence-electron chi connectivity index (χ3n) is 2.76.